The van der Waals surface area contributed by atoms with Gasteiger partial charge >= 0.3 is 23.0 Å². The van der Waals surface area contributed by atoms with Crippen LogP contribution in [0.3, 0.4) is 0 Å². The Morgan fingerprint density at radius 1 is 1.00 bits per heavy atom. The van der Waals surface area contributed by atoms with E-state index in [1.807, 2.05) is 57.8 Å². The molecule has 0 amide bonds. The van der Waals surface area contributed by atoms with Crippen molar-refractivity contribution in [1.29, 1.82) is 0 Å². The summed E-state index contributed by atoms with van der Waals surface area (Å²) >= 11 is 0. The van der Waals surface area contributed by atoms with Crippen LogP contribution in [0.5, 0.6) is 0 Å². The molecule has 2 aliphatic carbocycles. The van der Waals surface area contributed by atoms with Crippen molar-refractivity contribution in [3.63, 3.8) is 0 Å². The Labute approximate surface area is 135 Å². The molecular weight excluding hydrogens is 312 g/mol. The molecule has 2 aliphatic rings. The van der Waals surface area contributed by atoms with E-state index in [1.54, 1.807) is 0 Å². The summed E-state index contributed by atoms with van der Waals surface area (Å²) in [7, 11) is 0. The summed E-state index contributed by atoms with van der Waals surface area (Å²) in [4.78, 5) is 13.8. The average Bonchev–Trinajstić information content (AvgIpc) is 3.19. The maximum absolute atomic E-state index is 10.3. The Bertz CT molecular complexity index is 442. The van der Waals surface area contributed by atoms with Gasteiger partial charge in [-0.25, -0.2) is 0 Å². The van der Waals surface area contributed by atoms with Crippen molar-refractivity contribution in [2.24, 2.45) is 4.99 Å². The molecule has 2 saturated carbocycles. The van der Waals surface area contributed by atoms with E-state index in [1.165, 1.54) is 18.3 Å². The van der Waals surface area contributed by atoms with Gasteiger partial charge in [0.2, 0.25) is 0 Å². The molecule has 3 rings (SSSR count). The van der Waals surface area contributed by atoms with Gasteiger partial charge in [0.1, 0.15) is 4.92 Å². The minimum absolute atomic E-state index is 0. The SMILES string of the molecule is O=[N+]([O-])c1ccc(C=N[C]2[CH][CH][CH][CH]2)o1.[CH]1[CH][CH][CH][CH]1.[Fe+2]. The number of nitrogens with zero attached hydrogens (tertiary/aromatic N) is 2. The molecule has 5 nitrogen and oxygen atoms in total. The van der Waals surface area contributed by atoms with Gasteiger partial charge in [0.25, 0.3) is 0 Å². The smallest absolute Gasteiger partial charge is 0.400 e. The van der Waals surface area contributed by atoms with Crippen LogP contribution in [0, 0.1) is 73.9 Å². The standard InChI is InChI=1S/C10H7N2O3.C5H5.Fe/c13-12(14)10-6-5-9(15-10)7-11-8-3-1-2-4-8;1-2-4-5-3-1;/h1-7H;1-5H;/q;;+2. The zero-order valence-corrected chi connectivity index (χ0v) is 12.0. The van der Waals surface area contributed by atoms with Gasteiger partial charge in [-0.15, -0.1) is 0 Å². The third-order valence-corrected chi connectivity index (χ3v) is 2.33. The van der Waals surface area contributed by atoms with Gasteiger partial charge in [-0.2, -0.15) is 0 Å². The molecule has 0 aliphatic heterocycles. The van der Waals surface area contributed by atoms with Gasteiger partial charge in [-0.3, -0.25) is 15.1 Å². The molecule has 106 valence electrons. The largest absolute Gasteiger partial charge is 2.00 e. The Balaban J connectivity index is 0.000000313. The van der Waals surface area contributed by atoms with Crippen LogP contribution < -0.4 is 0 Å². The van der Waals surface area contributed by atoms with E-state index >= 15 is 0 Å². The second kappa shape index (κ2) is 9.74. The molecule has 0 aromatic carbocycles. The molecule has 2 fully saturated rings. The molecule has 0 saturated heterocycles. The molecule has 1 aromatic rings. The second-order valence-corrected chi connectivity index (χ2v) is 3.80. The van der Waals surface area contributed by atoms with Crippen molar-refractivity contribution in [2.45, 2.75) is 0 Å². The van der Waals surface area contributed by atoms with E-state index in [2.05, 4.69) is 4.99 Å². The number of aliphatic imine (C=N–C) groups is 1. The van der Waals surface area contributed by atoms with Crippen LogP contribution in [0.2, 0.25) is 0 Å². The van der Waals surface area contributed by atoms with Gasteiger partial charge in [0.05, 0.1) is 18.3 Å². The van der Waals surface area contributed by atoms with Crippen LogP contribution >= 0.6 is 0 Å². The normalized spacial score (nSPS) is 18.3. The summed E-state index contributed by atoms with van der Waals surface area (Å²) in [6.45, 7) is 0. The minimum Gasteiger partial charge on any atom is -0.400 e. The topological polar surface area (TPSA) is 68.6 Å². The number of nitro groups is 1. The van der Waals surface area contributed by atoms with Crippen molar-refractivity contribution < 1.29 is 26.4 Å². The fourth-order valence-electron chi connectivity index (χ4n) is 1.42. The van der Waals surface area contributed by atoms with E-state index in [4.69, 9.17) is 4.42 Å². The molecule has 0 N–H and O–H groups in total. The zero-order chi connectivity index (χ0) is 14.2. The third-order valence-electron chi connectivity index (χ3n) is 2.33. The van der Waals surface area contributed by atoms with Crippen LogP contribution in [-0.2, 0) is 17.1 Å². The number of hydrogen-bond acceptors (Lipinski definition) is 4. The Morgan fingerprint density at radius 3 is 2.05 bits per heavy atom. The van der Waals surface area contributed by atoms with Gasteiger partial charge in [0, 0.05) is 0 Å². The van der Waals surface area contributed by atoms with E-state index in [9.17, 15) is 10.1 Å². The number of rotatable bonds is 3. The maximum Gasteiger partial charge on any atom is 2.00 e. The first kappa shape index (κ1) is 17.9. The molecule has 0 bridgehead atoms. The van der Waals surface area contributed by atoms with Gasteiger partial charge < -0.3 is 4.42 Å². The molecule has 21 heavy (non-hydrogen) atoms. The third kappa shape index (κ3) is 6.44. The zero-order valence-electron chi connectivity index (χ0n) is 10.9. The van der Waals surface area contributed by atoms with E-state index in [0.717, 1.165) is 6.04 Å². The quantitative estimate of drug-likeness (QED) is 0.371. The fourth-order valence-corrected chi connectivity index (χ4v) is 1.42. The predicted octanol–water partition coefficient (Wildman–Crippen LogP) is 2.99. The second-order valence-electron chi connectivity index (χ2n) is 3.80. The first-order chi connectivity index (χ1) is 9.75. The molecular formula is C15H12FeN2O3+2. The first-order valence-corrected chi connectivity index (χ1v) is 5.92. The van der Waals surface area contributed by atoms with Gasteiger partial charge in [0.15, 0.2) is 5.76 Å². The summed E-state index contributed by atoms with van der Waals surface area (Å²) in [6.07, 6.45) is 18.8. The van der Waals surface area contributed by atoms with Crippen LogP contribution in [0.25, 0.3) is 0 Å². The van der Waals surface area contributed by atoms with Gasteiger partial charge in [-0.05, 0) is 63.9 Å². The minimum atomic E-state index is -0.583. The molecule has 0 unspecified atom stereocenters. The van der Waals surface area contributed by atoms with Crippen LogP contribution in [-0.4, -0.2) is 11.1 Å². The van der Waals surface area contributed by atoms with Crippen molar-refractivity contribution in [1.82, 2.24) is 0 Å². The van der Waals surface area contributed by atoms with Gasteiger partial charge in [-0.1, -0.05) is 0 Å². The van der Waals surface area contributed by atoms with Crippen LogP contribution in [0.15, 0.2) is 21.5 Å². The molecule has 1 heterocycles. The number of furan rings is 1. The summed E-state index contributed by atoms with van der Waals surface area (Å²) < 4.78 is 4.89. The van der Waals surface area contributed by atoms with Crippen LogP contribution in [0.1, 0.15) is 5.76 Å². The first-order valence-electron chi connectivity index (χ1n) is 5.92. The monoisotopic (exact) mass is 324 g/mol. The number of hydrogen-bond donors (Lipinski definition) is 0. The maximum atomic E-state index is 10.3. The van der Waals surface area contributed by atoms with E-state index < -0.39 is 4.92 Å². The molecule has 1 aromatic heterocycles. The van der Waals surface area contributed by atoms with Crippen molar-refractivity contribution in [3.8, 4) is 0 Å². The fraction of sp³-hybridized carbons (Fsp3) is 0. The van der Waals surface area contributed by atoms with Crippen molar-refractivity contribution in [3.05, 3.63) is 91.8 Å². The molecule has 10 radical (unpaired) electrons. The van der Waals surface area contributed by atoms with Crippen molar-refractivity contribution >= 4 is 12.1 Å². The summed E-state index contributed by atoms with van der Waals surface area (Å²) in [5.41, 5.74) is 0. The van der Waals surface area contributed by atoms with E-state index in [0.29, 0.717) is 5.76 Å². The molecule has 0 spiro atoms. The Morgan fingerprint density at radius 2 is 1.57 bits per heavy atom. The summed E-state index contributed by atoms with van der Waals surface area (Å²) in [5.74, 6) is 0.0851. The Kier molecular flexibility index (Phi) is 8.31. The summed E-state index contributed by atoms with van der Waals surface area (Å²) in [5, 5.41) is 10.3. The summed E-state index contributed by atoms with van der Waals surface area (Å²) in [6, 6.07) is 3.59. The predicted molar refractivity (Wildman–Crippen MR) is 74.9 cm³/mol. The van der Waals surface area contributed by atoms with E-state index in [-0.39, 0.29) is 23.0 Å². The average molecular weight is 324 g/mol. The Hall–Kier alpha value is -1.13. The van der Waals surface area contributed by atoms with Crippen LogP contribution in [0.4, 0.5) is 5.88 Å². The molecule has 6 heteroatoms. The molecule has 0 atom stereocenters. The van der Waals surface area contributed by atoms with Crippen molar-refractivity contribution in [2.75, 3.05) is 0 Å².